The molecule has 0 fully saturated rings. The molecule has 2 aromatic rings. The molecule has 0 aliphatic rings. The molecule has 0 aliphatic heterocycles. The van der Waals surface area contributed by atoms with Gasteiger partial charge in [-0.1, -0.05) is 23.4 Å². The van der Waals surface area contributed by atoms with Crippen LogP contribution in [0.3, 0.4) is 0 Å². The Morgan fingerprint density at radius 2 is 2.05 bits per heavy atom. The maximum absolute atomic E-state index is 10.6. The van der Waals surface area contributed by atoms with Crippen molar-refractivity contribution < 1.29 is 14.1 Å². The van der Waals surface area contributed by atoms with E-state index in [4.69, 9.17) is 20.7 Å². The average molecular weight is 273 g/mol. The van der Waals surface area contributed by atoms with E-state index in [0.717, 1.165) is 5.56 Å². The van der Waals surface area contributed by atoms with Crippen LogP contribution in [0, 0.1) is 6.92 Å². The number of hydrogen-bond acceptors (Lipinski definition) is 5. The lowest BCUT2D eigenvalue weighted by molar-refractivity contribution is -0.119. The Morgan fingerprint density at radius 3 is 2.60 bits per heavy atom. The fraction of sp³-hybridized carbons (Fsp3) is 0.143. The molecule has 2 rings (SSSR count). The Hall–Kier alpha value is -2.76. The van der Waals surface area contributed by atoms with Gasteiger partial charge in [0.1, 0.15) is 17.1 Å². The van der Waals surface area contributed by atoms with E-state index in [0.29, 0.717) is 22.9 Å². The predicted molar refractivity (Wildman–Crippen MR) is 75.7 cm³/mol. The number of anilines is 1. The smallest absolute Gasteiger partial charge is 0.255 e. The summed E-state index contributed by atoms with van der Waals surface area (Å²) < 4.78 is 10.1. The molecule has 4 N–H and O–H groups in total. The number of benzene rings is 1. The monoisotopic (exact) mass is 273 g/mol. The van der Waals surface area contributed by atoms with E-state index in [-0.39, 0.29) is 6.61 Å². The van der Waals surface area contributed by atoms with Gasteiger partial charge in [0, 0.05) is 0 Å². The lowest BCUT2D eigenvalue weighted by Gasteiger charge is -2.03. The first-order valence-corrected chi connectivity index (χ1v) is 5.97. The number of rotatable bonds is 5. The zero-order chi connectivity index (χ0) is 14.5. The average Bonchev–Trinajstić information content (AvgIpc) is 2.75. The molecule has 20 heavy (non-hydrogen) atoms. The minimum Gasteiger partial charge on any atom is -0.484 e. The zero-order valence-electron chi connectivity index (χ0n) is 11.0. The van der Waals surface area contributed by atoms with Crippen LogP contribution >= 0.6 is 0 Å². The molecule has 1 aromatic carbocycles. The highest BCUT2D eigenvalue weighted by Crippen LogP contribution is 2.19. The first-order valence-electron chi connectivity index (χ1n) is 5.97. The van der Waals surface area contributed by atoms with Gasteiger partial charge in [-0.3, -0.25) is 4.79 Å². The van der Waals surface area contributed by atoms with Crippen molar-refractivity contribution in [2.75, 3.05) is 12.3 Å². The Balaban J connectivity index is 2.03. The van der Waals surface area contributed by atoms with Gasteiger partial charge < -0.3 is 20.7 Å². The van der Waals surface area contributed by atoms with Crippen molar-refractivity contribution in [3.63, 3.8) is 0 Å². The molecule has 104 valence electrons. The number of hydrogen-bond donors (Lipinski definition) is 2. The number of nitrogens with zero attached hydrogens (tertiary/aromatic N) is 1. The molecule has 0 saturated heterocycles. The number of amides is 1. The second-order valence-corrected chi connectivity index (χ2v) is 4.20. The van der Waals surface area contributed by atoms with E-state index in [1.165, 1.54) is 0 Å². The van der Waals surface area contributed by atoms with Crippen molar-refractivity contribution in [3.8, 4) is 5.75 Å². The van der Waals surface area contributed by atoms with E-state index in [2.05, 4.69) is 5.16 Å². The molecule has 0 saturated carbocycles. The van der Waals surface area contributed by atoms with Crippen molar-refractivity contribution in [3.05, 3.63) is 41.3 Å². The summed E-state index contributed by atoms with van der Waals surface area (Å²) in [7, 11) is 0. The van der Waals surface area contributed by atoms with Gasteiger partial charge in [-0.05, 0) is 30.7 Å². The molecule has 1 heterocycles. The van der Waals surface area contributed by atoms with Crippen molar-refractivity contribution in [2.24, 2.45) is 5.73 Å². The Bertz CT molecular complexity index is 630. The van der Waals surface area contributed by atoms with Gasteiger partial charge in [0.2, 0.25) is 0 Å². The number of carbonyl (C=O) groups excluding carboxylic acids is 1. The third-order valence-electron chi connectivity index (χ3n) is 2.63. The van der Waals surface area contributed by atoms with Crippen LogP contribution in [0.5, 0.6) is 5.75 Å². The van der Waals surface area contributed by atoms with E-state index in [9.17, 15) is 4.79 Å². The van der Waals surface area contributed by atoms with Gasteiger partial charge in [0.15, 0.2) is 12.4 Å². The number of carbonyl (C=O) groups is 1. The van der Waals surface area contributed by atoms with Crippen LogP contribution in [0.15, 0.2) is 28.8 Å². The van der Waals surface area contributed by atoms with Crippen LogP contribution in [0.2, 0.25) is 0 Å². The number of nitrogens with two attached hydrogens (primary N) is 2. The first-order chi connectivity index (χ1) is 9.56. The summed E-state index contributed by atoms with van der Waals surface area (Å²) in [6.07, 6.45) is 3.62. The highest BCUT2D eigenvalue weighted by molar-refractivity contribution is 5.75. The van der Waals surface area contributed by atoms with Gasteiger partial charge >= 0.3 is 0 Å². The highest BCUT2D eigenvalue weighted by atomic mass is 16.5. The van der Waals surface area contributed by atoms with E-state index < -0.39 is 5.91 Å². The lowest BCUT2D eigenvalue weighted by Crippen LogP contribution is -2.19. The second kappa shape index (κ2) is 5.92. The van der Waals surface area contributed by atoms with Crippen LogP contribution in [-0.4, -0.2) is 17.7 Å². The minimum atomic E-state index is -0.508. The molecule has 0 aliphatic carbocycles. The Labute approximate surface area is 116 Å². The maximum atomic E-state index is 10.6. The van der Waals surface area contributed by atoms with E-state index in [1.807, 2.05) is 18.2 Å². The standard InChI is InChI=1S/C14H15N3O3/c1-9-14(16)12(17-20-9)7-4-10-2-5-11(6-3-10)19-8-13(15)18/h2-7H,8,16H2,1H3,(H2,15,18). The summed E-state index contributed by atoms with van der Waals surface area (Å²) in [6, 6.07) is 7.19. The summed E-state index contributed by atoms with van der Waals surface area (Å²) in [6.45, 7) is 1.62. The van der Waals surface area contributed by atoms with Gasteiger partial charge in [0.05, 0.1) is 0 Å². The molecule has 0 spiro atoms. The first kappa shape index (κ1) is 13.7. The highest BCUT2D eigenvalue weighted by Gasteiger charge is 2.05. The summed E-state index contributed by atoms with van der Waals surface area (Å²) in [5.74, 6) is 0.670. The summed E-state index contributed by atoms with van der Waals surface area (Å²) in [5.41, 5.74) is 12.8. The SMILES string of the molecule is Cc1onc(C=Cc2ccc(OCC(N)=O)cc2)c1N. The predicted octanol–water partition coefficient (Wildman–Crippen LogP) is 1.60. The number of aryl methyl sites for hydroxylation is 1. The third-order valence-corrected chi connectivity index (χ3v) is 2.63. The van der Waals surface area contributed by atoms with Crippen LogP contribution in [0.4, 0.5) is 5.69 Å². The third kappa shape index (κ3) is 3.38. The number of nitrogen functional groups attached to an aromatic ring is 1. The Kier molecular flexibility index (Phi) is 4.05. The fourth-order valence-corrected chi connectivity index (χ4v) is 1.52. The van der Waals surface area contributed by atoms with Gasteiger partial charge in [-0.25, -0.2) is 0 Å². The lowest BCUT2D eigenvalue weighted by atomic mass is 10.2. The second-order valence-electron chi connectivity index (χ2n) is 4.20. The van der Waals surface area contributed by atoms with E-state index in [1.54, 1.807) is 25.1 Å². The molecule has 1 amide bonds. The van der Waals surface area contributed by atoms with E-state index >= 15 is 0 Å². The molecular weight excluding hydrogens is 258 g/mol. The molecule has 0 bridgehead atoms. The largest absolute Gasteiger partial charge is 0.484 e. The van der Waals surface area contributed by atoms with Gasteiger partial charge in [0.25, 0.3) is 5.91 Å². The molecule has 6 heteroatoms. The van der Waals surface area contributed by atoms with Gasteiger partial charge in [-0.2, -0.15) is 0 Å². The van der Waals surface area contributed by atoms with Crippen molar-refractivity contribution in [1.29, 1.82) is 0 Å². The zero-order valence-corrected chi connectivity index (χ0v) is 11.0. The quantitative estimate of drug-likeness (QED) is 0.861. The summed E-state index contributed by atoms with van der Waals surface area (Å²) in [4.78, 5) is 10.6. The van der Waals surface area contributed by atoms with Crippen LogP contribution in [-0.2, 0) is 4.79 Å². The topological polar surface area (TPSA) is 104 Å². The molecule has 0 radical (unpaired) electrons. The summed E-state index contributed by atoms with van der Waals surface area (Å²) in [5, 5.41) is 3.83. The molecular formula is C14H15N3O3. The number of aromatic nitrogens is 1. The van der Waals surface area contributed by atoms with Crippen molar-refractivity contribution >= 4 is 23.7 Å². The van der Waals surface area contributed by atoms with Crippen molar-refractivity contribution in [1.82, 2.24) is 5.16 Å². The fourth-order valence-electron chi connectivity index (χ4n) is 1.52. The Morgan fingerprint density at radius 1 is 1.35 bits per heavy atom. The summed E-state index contributed by atoms with van der Waals surface area (Å²) >= 11 is 0. The molecule has 1 aromatic heterocycles. The van der Waals surface area contributed by atoms with Gasteiger partial charge in [-0.15, -0.1) is 0 Å². The van der Waals surface area contributed by atoms with Crippen LogP contribution in [0.1, 0.15) is 17.0 Å². The molecule has 0 atom stereocenters. The molecule has 6 nitrogen and oxygen atoms in total. The number of primary amides is 1. The molecule has 0 unspecified atom stereocenters. The van der Waals surface area contributed by atoms with Crippen LogP contribution < -0.4 is 16.2 Å². The normalized spacial score (nSPS) is 10.8. The van der Waals surface area contributed by atoms with Crippen molar-refractivity contribution in [2.45, 2.75) is 6.92 Å². The van der Waals surface area contributed by atoms with Crippen LogP contribution in [0.25, 0.3) is 12.2 Å². The maximum Gasteiger partial charge on any atom is 0.255 e. The number of ether oxygens (including phenoxy) is 1. The minimum absolute atomic E-state index is 0.135.